The third kappa shape index (κ3) is 67.6. The Labute approximate surface area is 508 Å². The Bertz CT molecular complexity index is 1220. The smallest absolute Gasteiger partial charge is 0.305 e. The van der Waals surface area contributed by atoms with Crippen molar-refractivity contribution in [2.45, 2.75) is 443 Å². The molecule has 0 rings (SSSR count). The number of aliphatic hydroxyl groups excluding tert-OH is 2. The van der Waals surface area contributed by atoms with Gasteiger partial charge in [0.15, 0.2) is 0 Å². The summed E-state index contributed by atoms with van der Waals surface area (Å²) < 4.78 is 5.50. The molecule has 3 N–H and O–H groups in total. The summed E-state index contributed by atoms with van der Waals surface area (Å²) in [6.45, 7) is 5.01. The van der Waals surface area contributed by atoms with E-state index >= 15 is 0 Å². The van der Waals surface area contributed by atoms with E-state index in [1.54, 1.807) is 0 Å². The quantitative estimate of drug-likeness (QED) is 0.0320. The number of carbonyl (C=O) groups excluding carboxylic acids is 2. The molecule has 0 aliphatic carbocycles. The number of esters is 1. The zero-order valence-corrected chi connectivity index (χ0v) is 55.3. The fourth-order valence-electron chi connectivity index (χ4n) is 12.1. The minimum Gasteiger partial charge on any atom is -0.466 e. The SMILES string of the molecule is CCCCCCCCCCCCCCCCCCCCCCCCCC(O)C(CO)NC(=O)CCCCCCCCCCC/C=C\CCCCCCCCCCCCCCOC(=O)CCCCCCCCCCCCCCCCCC. The average Bonchev–Trinajstić information content (AvgIpc) is 3.47. The molecule has 0 radical (unpaired) electrons. The van der Waals surface area contributed by atoms with Crippen molar-refractivity contribution < 1.29 is 24.5 Å². The van der Waals surface area contributed by atoms with Crippen molar-refractivity contribution in [3.8, 4) is 0 Å². The fraction of sp³-hybridized carbons (Fsp3) is 0.947. The molecule has 482 valence electrons. The predicted molar refractivity (Wildman–Crippen MR) is 357 cm³/mol. The van der Waals surface area contributed by atoms with Gasteiger partial charge >= 0.3 is 5.97 Å². The highest BCUT2D eigenvalue weighted by molar-refractivity contribution is 5.76. The zero-order valence-electron chi connectivity index (χ0n) is 55.3. The fourth-order valence-corrected chi connectivity index (χ4v) is 12.1. The van der Waals surface area contributed by atoms with Crippen LogP contribution in [0.2, 0.25) is 0 Å². The molecule has 0 heterocycles. The summed E-state index contributed by atoms with van der Waals surface area (Å²) in [5.74, 6) is -0.0142. The van der Waals surface area contributed by atoms with Gasteiger partial charge in [-0.05, 0) is 51.4 Å². The van der Waals surface area contributed by atoms with Gasteiger partial charge in [-0.1, -0.05) is 379 Å². The first-order chi connectivity index (χ1) is 40.0. The van der Waals surface area contributed by atoms with Crippen LogP contribution in [-0.4, -0.2) is 47.4 Å². The minimum atomic E-state index is -0.667. The van der Waals surface area contributed by atoms with Crippen molar-refractivity contribution in [3.63, 3.8) is 0 Å². The summed E-state index contributed by atoms with van der Waals surface area (Å²) in [4.78, 5) is 24.7. The van der Waals surface area contributed by atoms with Crippen molar-refractivity contribution in [1.29, 1.82) is 0 Å². The van der Waals surface area contributed by atoms with Gasteiger partial charge in [-0.2, -0.15) is 0 Å². The van der Waals surface area contributed by atoms with E-state index in [0.29, 0.717) is 25.9 Å². The van der Waals surface area contributed by atoms with Gasteiger partial charge in [-0.15, -0.1) is 0 Å². The van der Waals surface area contributed by atoms with E-state index in [1.165, 1.54) is 360 Å². The lowest BCUT2D eigenvalue weighted by Gasteiger charge is -2.22. The van der Waals surface area contributed by atoms with Crippen LogP contribution >= 0.6 is 0 Å². The number of allylic oxidation sites excluding steroid dienone is 2. The largest absolute Gasteiger partial charge is 0.466 e. The first kappa shape index (κ1) is 79.6. The number of carbonyl (C=O) groups is 2. The molecule has 2 atom stereocenters. The molecule has 0 aliphatic rings. The molecule has 0 saturated carbocycles. The van der Waals surface area contributed by atoms with Gasteiger partial charge in [-0.25, -0.2) is 0 Å². The maximum absolute atomic E-state index is 12.6. The molecule has 0 aromatic carbocycles. The van der Waals surface area contributed by atoms with Crippen LogP contribution in [0.25, 0.3) is 0 Å². The van der Waals surface area contributed by atoms with Gasteiger partial charge in [0, 0.05) is 12.8 Å². The predicted octanol–water partition coefficient (Wildman–Crippen LogP) is 24.3. The van der Waals surface area contributed by atoms with Gasteiger partial charge in [0.1, 0.15) is 0 Å². The molecule has 0 aromatic heterocycles. The number of ether oxygens (including phenoxy) is 1. The zero-order chi connectivity index (χ0) is 58.5. The lowest BCUT2D eigenvalue weighted by Crippen LogP contribution is -2.45. The summed E-state index contributed by atoms with van der Waals surface area (Å²) in [5, 5.41) is 23.4. The van der Waals surface area contributed by atoms with Crippen LogP contribution in [0.5, 0.6) is 0 Å². The number of nitrogens with one attached hydrogen (secondary N) is 1. The van der Waals surface area contributed by atoms with Gasteiger partial charge in [0.05, 0.1) is 25.4 Å². The first-order valence-electron chi connectivity index (χ1n) is 37.4. The van der Waals surface area contributed by atoms with Crippen molar-refractivity contribution in [3.05, 3.63) is 12.2 Å². The summed E-state index contributed by atoms with van der Waals surface area (Å²) in [7, 11) is 0. The van der Waals surface area contributed by atoms with Gasteiger partial charge in [-0.3, -0.25) is 9.59 Å². The lowest BCUT2D eigenvalue weighted by atomic mass is 10.0. The molecule has 0 fully saturated rings. The van der Waals surface area contributed by atoms with E-state index in [0.717, 1.165) is 38.5 Å². The Kier molecular flexibility index (Phi) is 69.9. The van der Waals surface area contributed by atoms with Crippen LogP contribution in [0.1, 0.15) is 431 Å². The Morgan fingerprint density at radius 2 is 0.580 bits per heavy atom. The van der Waals surface area contributed by atoms with E-state index in [9.17, 15) is 19.8 Å². The maximum atomic E-state index is 12.6. The third-order valence-corrected chi connectivity index (χ3v) is 17.8. The number of hydrogen-bond donors (Lipinski definition) is 3. The summed E-state index contributed by atoms with van der Waals surface area (Å²) in [6.07, 6.45) is 88.4. The van der Waals surface area contributed by atoms with Crippen molar-refractivity contribution in [2.75, 3.05) is 13.2 Å². The number of hydrogen-bond acceptors (Lipinski definition) is 5. The number of aliphatic hydroxyl groups is 2. The Morgan fingerprint density at radius 3 is 0.877 bits per heavy atom. The Balaban J connectivity index is 3.38. The molecule has 6 nitrogen and oxygen atoms in total. The van der Waals surface area contributed by atoms with Crippen LogP contribution in [0, 0.1) is 0 Å². The van der Waals surface area contributed by atoms with Gasteiger partial charge in [0.25, 0.3) is 0 Å². The second-order valence-corrected chi connectivity index (χ2v) is 26.0. The van der Waals surface area contributed by atoms with Crippen LogP contribution in [0.15, 0.2) is 12.2 Å². The summed E-state index contributed by atoms with van der Waals surface area (Å²) in [6, 6.07) is -0.545. The molecular weight excluding hydrogens is 995 g/mol. The molecular formula is C75H147NO5. The second-order valence-electron chi connectivity index (χ2n) is 26.0. The van der Waals surface area contributed by atoms with E-state index in [2.05, 4.69) is 31.3 Å². The molecule has 0 spiro atoms. The standard InChI is InChI=1S/C75H147NO5/c1-3-5-7-9-11-13-15-17-19-21-22-23-27-30-33-36-39-43-47-51-55-59-63-67-73(78)72(71-77)76-74(79)68-64-60-56-52-48-44-40-37-34-31-28-25-24-26-29-32-35-38-42-46-50-54-58-62-66-70-81-75(80)69-65-61-57-53-49-45-41-20-18-16-14-12-10-8-6-4-2/h25,28,72-73,77-78H,3-24,26-27,29-71H2,1-2H3,(H,76,79)/b28-25-. The molecule has 0 aromatic rings. The maximum Gasteiger partial charge on any atom is 0.305 e. The van der Waals surface area contributed by atoms with Crippen molar-refractivity contribution in [2.24, 2.45) is 0 Å². The topological polar surface area (TPSA) is 95.9 Å². The van der Waals surface area contributed by atoms with Crippen molar-refractivity contribution >= 4 is 11.9 Å². The van der Waals surface area contributed by atoms with Gasteiger partial charge in [0.2, 0.25) is 5.91 Å². The monoisotopic (exact) mass is 1140 g/mol. The van der Waals surface area contributed by atoms with Crippen LogP contribution in [0.4, 0.5) is 0 Å². The number of unbranched alkanes of at least 4 members (excludes halogenated alkanes) is 58. The number of rotatable bonds is 71. The molecule has 1 amide bonds. The van der Waals surface area contributed by atoms with Crippen LogP contribution < -0.4 is 5.32 Å². The van der Waals surface area contributed by atoms with Gasteiger partial charge < -0.3 is 20.3 Å². The Hall–Kier alpha value is -1.40. The highest BCUT2D eigenvalue weighted by Gasteiger charge is 2.20. The molecule has 0 saturated heterocycles. The molecule has 0 aliphatic heterocycles. The molecule has 81 heavy (non-hydrogen) atoms. The highest BCUT2D eigenvalue weighted by atomic mass is 16.5. The van der Waals surface area contributed by atoms with Crippen LogP contribution in [-0.2, 0) is 14.3 Å². The summed E-state index contributed by atoms with van der Waals surface area (Å²) in [5.41, 5.74) is 0. The lowest BCUT2D eigenvalue weighted by molar-refractivity contribution is -0.143. The van der Waals surface area contributed by atoms with E-state index < -0.39 is 12.1 Å². The molecule has 0 bridgehead atoms. The number of amides is 1. The third-order valence-electron chi connectivity index (χ3n) is 17.8. The van der Waals surface area contributed by atoms with E-state index in [1.807, 2.05) is 0 Å². The molecule has 2 unspecified atom stereocenters. The average molecular weight is 1140 g/mol. The normalized spacial score (nSPS) is 12.5. The Morgan fingerprint density at radius 1 is 0.333 bits per heavy atom. The first-order valence-corrected chi connectivity index (χ1v) is 37.4. The second kappa shape index (κ2) is 71.1. The molecule has 6 heteroatoms. The summed E-state index contributed by atoms with van der Waals surface area (Å²) >= 11 is 0. The van der Waals surface area contributed by atoms with Crippen LogP contribution in [0.3, 0.4) is 0 Å². The van der Waals surface area contributed by atoms with E-state index in [4.69, 9.17) is 4.74 Å². The highest BCUT2D eigenvalue weighted by Crippen LogP contribution is 2.20. The van der Waals surface area contributed by atoms with Crippen molar-refractivity contribution in [1.82, 2.24) is 5.32 Å². The minimum absolute atomic E-state index is 0.0183. The van der Waals surface area contributed by atoms with E-state index in [-0.39, 0.29) is 18.5 Å².